The van der Waals surface area contributed by atoms with E-state index in [1.807, 2.05) is 24.3 Å². The maximum absolute atomic E-state index is 12.1. The number of carbonyl (C=O) groups is 2. The average molecular weight is 456 g/mol. The van der Waals surface area contributed by atoms with Crippen LogP contribution in [0.1, 0.15) is 87.9 Å². The van der Waals surface area contributed by atoms with E-state index in [1.165, 1.54) is 16.7 Å². The summed E-state index contributed by atoms with van der Waals surface area (Å²) in [5.74, 6) is 0.163. The number of nitrogens with zero attached hydrogens (tertiary/aromatic N) is 1. The summed E-state index contributed by atoms with van der Waals surface area (Å²) in [5, 5.41) is 7.42. The first-order chi connectivity index (χ1) is 15.4. The molecule has 1 amide bonds. The molecule has 2 rings (SSSR count). The minimum Gasteiger partial charge on any atom is -0.490 e. The highest BCUT2D eigenvalue weighted by Gasteiger charge is 2.17. The van der Waals surface area contributed by atoms with Crippen LogP contribution in [0.15, 0.2) is 42.5 Å². The van der Waals surface area contributed by atoms with Crippen LogP contribution in [0.4, 0.5) is 0 Å². The van der Waals surface area contributed by atoms with Gasteiger partial charge in [-0.1, -0.05) is 59.2 Å². The monoisotopic (exact) mass is 455 g/mol. The van der Waals surface area contributed by atoms with Crippen molar-refractivity contribution in [3.05, 3.63) is 64.7 Å². The Morgan fingerprint density at radius 3 is 2.03 bits per heavy atom. The van der Waals surface area contributed by atoms with Crippen molar-refractivity contribution in [2.24, 2.45) is 0 Å². The van der Waals surface area contributed by atoms with E-state index in [0.29, 0.717) is 0 Å². The molecule has 2 aromatic rings. The molecule has 33 heavy (non-hydrogen) atoms. The standard InChI is InChI=1S/C26H37NO2.C2H4O2/c1-8-10-23(9-2)29-24-17-20(16-22(18-24)26(3,4)5)15-19-11-13-21(14-12-19)25(28)27(6)7;1-2(3)4/h11-14,16-18,23H,8-10,15H2,1-7H3;1H3,(H,3,4). The van der Waals surface area contributed by atoms with E-state index >= 15 is 0 Å². The van der Waals surface area contributed by atoms with Crippen molar-refractivity contribution >= 4 is 11.9 Å². The van der Waals surface area contributed by atoms with E-state index in [9.17, 15) is 4.79 Å². The second-order valence-electron chi connectivity index (χ2n) is 9.64. The number of rotatable bonds is 8. The van der Waals surface area contributed by atoms with Gasteiger partial charge in [0.25, 0.3) is 11.9 Å². The minimum absolute atomic E-state index is 0.0310. The molecule has 0 aliphatic rings. The van der Waals surface area contributed by atoms with Gasteiger partial charge in [0.2, 0.25) is 0 Å². The molecular formula is C28H41NO4. The molecule has 0 spiro atoms. The molecule has 2 aromatic carbocycles. The predicted molar refractivity (Wildman–Crippen MR) is 135 cm³/mol. The fourth-order valence-electron chi connectivity index (χ4n) is 3.38. The van der Waals surface area contributed by atoms with E-state index in [4.69, 9.17) is 14.6 Å². The van der Waals surface area contributed by atoms with Crippen LogP contribution >= 0.6 is 0 Å². The average Bonchev–Trinajstić information content (AvgIpc) is 2.72. The molecule has 1 atom stereocenters. The van der Waals surface area contributed by atoms with Crippen LogP contribution in [0.3, 0.4) is 0 Å². The Labute approximate surface area is 199 Å². The smallest absolute Gasteiger partial charge is 0.300 e. The second-order valence-corrected chi connectivity index (χ2v) is 9.64. The molecule has 1 unspecified atom stereocenters. The quantitative estimate of drug-likeness (QED) is 0.505. The maximum Gasteiger partial charge on any atom is 0.300 e. The van der Waals surface area contributed by atoms with E-state index < -0.39 is 5.97 Å². The highest BCUT2D eigenvalue weighted by molar-refractivity contribution is 5.93. The normalized spacial score (nSPS) is 11.8. The lowest BCUT2D eigenvalue weighted by molar-refractivity contribution is -0.134. The van der Waals surface area contributed by atoms with Crippen molar-refractivity contribution in [3.8, 4) is 5.75 Å². The number of carboxylic acid groups (broad SMARTS) is 1. The first-order valence-electron chi connectivity index (χ1n) is 11.7. The zero-order chi connectivity index (χ0) is 25.2. The van der Waals surface area contributed by atoms with Crippen molar-refractivity contribution in [2.75, 3.05) is 14.1 Å². The third-order valence-corrected chi connectivity index (χ3v) is 5.22. The van der Waals surface area contributed by atoms with Crippen LogP contribution < -0.4 is 4.74 Å². The van der Waals surface area contributed by atoms with Gasteiger partial charge in [0, 0.05) is 26.6 Å². The van der Waals surface area contributed by atoms with Gasteiger partial charge in [-0.3, -0.25) is 9.59 Å². The lowest BCUT2D eigenvalue weighted by atomic mass is 9.85. The molecule has 0 saturated heterocycles. The Hall–Kier alpha value is -2.82. The largest absolute Gasteiger partial charge is 0.490 e. The second kappa shape index (κ2) is 13.0. The highest BCUT2D eigenvalue weighted by atomic mass is 16.5. The molecule has 0 saturated carbocycles. The van der Waals surface area contributed by atoms with E-state index in [0.717, 1.165) is 43.9 Å². The van der Waals surface area contributed by atoms with Crippen molar-refractivity contribution in [1.82, 2.24) is 4.90 Å². The number of aliphatic carboxylic acids is 1. The molecule has 1 N–H and O–H groups in total. The van der Waals surface area contributed by atoms with Crippen molar-refractivity contribution < 1.29 is 19.4 Å². The van der Waals surface area contributed by atoms with Crippen molar-refractivity contribution in [2.45, 2.75) is 78.7 Å². The fraction of sp³-hybridized carbons (Fsp3) is 0.500. The Morgan fingerprint density at radius 1 is 1.00 bits per heavy atom. The lowest BCUT2D eigenvalue weighted by Crippen LogP contribution is -2.21. The molecule has 0 aromatic heterocycles. The summed E-state index contributed by atoms with van der Waals surface area (Å²) in [4.78, 5) is 22.7. The van der Waals surface area contributed by atoms with Gasteiger partial charge in [0.1, 0.15) is 5.75 Å². The number of hydrogen-bond donors (Lipinski definition) is 1. The van der Waals surface area contributed by atoms with Crippen LogP contribution in [-0.4, -0.2) is 42.1 Å². The molecule has 0 heterocycles. The van der Waals surface area contributed by atoms with Crippen molar-refractivity contribution in [1.29, 1.82) is 0 Å². The molecule has 0 bridgehead atoms. The topological polar surface area (TPSA) is 66.8 Å². The number of hydrogen-bond acceptors (Lipinski definition) is 3. The van der Waals surface area contributed by atoms with Crippen LogP contribution in [0.5, 0.6) is 5.75 Å². The van der Waals surface area contributed by atoms with Crippen LogP contribution in [0, 0.1) is 0 Å². The van der Waals surface area contributed by atoms with Gasteiger partial charge < -0.3 is 14.7 Å². The van der Waals surface area contributed by atoms with Crippen LogP contribution in [-0.2, 0) is 16.6 Å². The number of benzene rings is 2. The fourth-order valence-corrected chi connectivity index (χ4v) is 3.38. The zero-order valence-corrected chi connectivity index (χ0v) is 21.6. The lowest BCUT2D eigenvalue weighted by Gasteiger charge is -2.23. The van der Waals surface area contributed by atoms with E-state index in [-0.39, 0.29) is 17.4 Å². The Morgan fingerprint density at radius 2 is 1.58 bits per heavy atom. The summed E-state index contributed by atoms with van der Waals surface area (Å²) in [6, 6.07) is 14.6. The maximum atomic E-state index is 12.1. The number of carboxylic acids is 1. The third kappa shape index (κ3) is 10.1. The molecule has 5 heteroatoms. The number of amides is 1. The van der Waals surface area contributed by atoms with Crippen LogP contribution in [0.25, 0.3) is 0 Å². The summed E-state index contributed by atoms with van der Waals surface area (Å²) in [7, 11) is 3.55. The molecule has 0 aliphatic carbocycles. The summed E-state index contributed by atoms with van der Waals surface area (Å²) in [6.07, 6.45) is 4.31. The first-order valence-corrected chi connectivity index (χ1v) is 11.7. The van der Waals surface area contributed by atoms with Gasteiger partial charge >= 0.3 is 0 Å². The van der Waals surface area contributed by atoms with Gasteiger partial charge in [0.05, 0.1) is 6.10 Å². The molecule has 0 fully saturated rings. The molecule has 5 nitrogen and oxygen atoms in total. The van der Waals surface area contributed by atoms with Crippen LogP contribution in [0.2, 0.25) is 0 Å². The highest BCUT2D eigenvalue weighted by Crippen LogP contribution is 2.30. The Balaban J connectivity index is 0.00000125. The van der Waals surface area contributed by atoms with Gasteiger partial charge in [-0.15, -0.1) is 0 Å². The first kappa shape index (κ1) is 28.2. The molecule has 182 valence electrons. The van der Waals surface area contributed by atoms with Gasteiger partial charge in [-0.2, -0.15) is 0 Å². The van der Waals surface area contributed by atoms with E-state index in [1.54, 1.807) is 19.0 Å². The number of carbonyl (C=O) groups excluding carboxylic acids is 1. The summed E-state index contributed by atoms with van der Waals surface area (Å²) in [6.45, 7) is 12.2. The van der Waals surface area contributed by atoms with E-state index in [2.05, 4.69) is 52.8 Å². The van der Waals surface area contributed by atoms with Gasteiger partial charge in [-0.25, -0.2) is 0 Å². The van der Waals surface area contributed by atoms with Crippen molar-refractivity contribution in [3.63, 3.8) is 0 Å². The summed E-state index contributed by atoms with van der Waals surface area (Å²) >= 11 is 0. The number of ether oxygens (including phenoxy) is 1. The molecule has 0 aliphatic heterocycles. The molecular weight excluding hydrogens is 414 g/mol. The summed E-state index contributed by atoms with van der Waals surface area (Å²) < 4.78 is 6.34. The Kier molecular flexibility index (Phi) is 11.1. The predicted octanol–water partition coefficient (Wildman–Crippen LogP) is 6.33. The van der Waals surface area contributed by atoms with Gasteiger partial charge in [0.15, 0.2) is 0 Å². The summed E-state index contributed by atoms with van der Waals surface area (Å²) in [5.41, 5.74) is 4.50. The van der Waals surface area contributed by atoms with Gasteiger partial charge in [-0.05, 0) is 65.6 Å². The Bertz CT molecular complexity index is 891. The third-order valence-electron chi connectivity index (χ3n) is 5.22. The SMILES string of the molecule is CC(=O)O.CCCC(CC)Oc1cc(Cc2ccc(C(=O)N(C)C)cc2)cc(C(C)(C)C)c1. The molecule has 0 radical (unpaired) electrons. The zero-order valence-electron chi connectivity index (χ0n) is 21.6. The minimum atomic E-state index is -0.833.